The van der Waals surface area contributed by atoms with Gasteiger partial charge in [-0.2, -0.15) is 0 Å². The van der Waals surface area contributed by atoms with E-state index in [1.54, 1.807) is 18.9 Å². The molecule has 22 heavy (non-hydrogen) atoms. The summed E-state index contributed by atoms with van der Waals surface area (Å²) in [6.45, 7) is 1.97. The standard InChI is InChI=1S/C18H21NO2S/c1-14(16-10-6-7-11-17(16)21-2)19-18(20)12-13-22-15-8-4-3-5-9-15/h3-11,14H,12-13H2,1-2H3,(H,19,20)/t14-/m0/s1. The molecule has 1 atom stereocenters. The van der Waals surface area contributed by atoms with Crippen molar-refractivity contribution < 1.29 is 9.53 Å². The first kappa shape index (κ1) is 16.4. The molecule has 1 amide bonds. The lowest BCUT2D eigenvalue weighted by atomic mass is 10.1. The van der Waals surface area contributed by atoms with E-state index in [0.29, 0.717) is 6.42 Å². The van der Waals surface area contributed by atoms with E-state index >= 15 is 0 Å². The predicted molar refractivity (Wildman–Crippen MR) is 91.3 cm³/mol. The van der Waals surface area contributed by atoms with Crippen molar-refractivity contribution in [2.45, 2.75) is 24.3 Å². The zero-order valence-electron chi connectivity index (χ0n) is 12.9. The molecule has 0 unspecified atom stereocenters. The molecule has 2 rings (SSSR count). The number of hydrogen-bond donors (Lipinski definition) is 1. The molecule has 1 N–H and O–H groups in total. The summed E-state index contributed by atoms with van der Waals surface area (Å²) in [5.41, 5.74) is 0.995. The van der Waals surface area contributed by atoms with Gasteiger partial charge in [-0.1, -0.05) is 36.4 Å². The highest BCUT2D eigenvalue weighted by Gasteiger charge is 2.13. The minimum absolute atomic E-state index is 0.0573. The molecule has 3 nitrogen and oxygen atoms in total. The van der Waals surface area contributed by atoms with Crippen LogP contribution in [0.15, 0.2) is 59.5 Å². The van der Waals surface area contributed by atoms with Gasteiger partial charge in [0.1, 0.15) is 5.75 Å². The molecule has 4 heteroatoms. The van der Waals surface area contributed by atoms with Crippen molar-refractivity contribution in [1.82, 2.24) is 5.32 Å². The maximum Gasteiger partial charge on any atom is 0.221 e. The maximum absolute atomic E-state index is 12.1. The predicted octanol–water partition coefficient (Wildman–Crippen LogP) is 4.05. The van der Waals surface area contributed by atoms with Crippen LogP contribution in [0.2, 0.25) is 0 Å². The Hall–Kier alpha value is -1.94. The highest BCUT2D eigenvalue weighted by molar-refractivity contribution is 7.99. The van der Waals surface area contributed by atoms with E-state index in [1.807, 2.05) is 49.4 Å². The molecule has 116 valence electrons. The number of thioether (sulfide) groups is 1. The Morgan fingerprint density at radius 1 is 1.14 bits per heavy atom. The smallest absolute Gasteiger partial charge is 0.221 e. The average molecular weight is 315 g/mol. The van der Waals surface area contributed by atoms with E-state index in [-0.39, 0.29) is 11.9 Å². The first-order valence-corrected chi connectivity index (χ1v) is 8.29. The summed E-state index contributed by atoms with van der Waals surface area (Å²) in [7, 11) is 1.64. The fraction of sp³-hybridized carbons (Fsp3) is 0.278. The third-order valence-corrected chi connectivity index (χ3v) is 4.34. The van der Waals surface area contributed by atoms with Crippen LogP contribution in [-0.4, -0.2) is 18.8 Å². The minimum Gasteiger partial charge on any atom is -0.496 e. The number of amides is 1. The molecule has 0 aromatic heterocycles. The highest BCUT2D eigenvalue weighted by Crippen LogP contribution is 2.24. The van der Waals surface area contributed by atoms with Gasteiger partial charge in [0.25, 0.3) is 0 Å². The lowest BCUT2D eigenvalue weighted by molar-refractivity contribution is -0.121. The third kappa shape index (κ3) is 4.81. The summed E-state index contributed by atoms with van der Waals surface area (Å²) in [6.07, 6.45) is 0.499. The fourth-order valence-electron chi connectivity index (χ4n) is 2.19. The average Bonchev–Trinajstić information content (AvgIpc) is 2.55. The van der Waals surface area contributed by atoms with Crippen LogP contribution in [0, 0.1) is 0 Å². The minimum atomic E-state index is -0.0645. The topological polar surface area (TPSA) is 38.3 Å². The molecular weight excluding hydrogens is 294 g/mol. The van der Waals surface area contributed by atoms with Gasteiger partial charge in [-0.15, -0.1) is 11.8 Å². The van der Waals surface area contributed by atoms with Gasteiger partial charge in [-0.3, -0.25) is 4.79 Å². The Morgan fingerprint density at radius 2 is 1.82 bits per heavy atom. The summed E-state index contributed by atoms with van der Waals surface area (Å²) in [6, 6.07) is 17.8. The second-order valence-corrected chi connectivity index (χ2v) is 6.11. The summed E-state index contributed by atoms with van der Waals surface area (Å²) < 4.78 is 5.33. The van der Waals surface area contributed by atoms with Crippen LogP contribution in [0.4, 0.5) is 0 Å². The molecule has 0 saturated heterocycles. The number of rotatable bonds is 7. The normalized spacial score (nSPS) is 11.7. The van der Waals surface area contributed by atoms with Crippen LogP contribution < -0.4 is 10.1 Å². The third-order valence-electron chi connectivity index (χ3n) is 3.32. The molecule has 0 aliphatic carbocycles. The molecule has 0 spiro atoms. The Morgan fingerprint density at radius 3 is 2.55 bits per heavy atom. The molecule has 0 saturated carbocycles. The number of methoxy groups -OCH3 is 1. The van der Waals surface area contributed by atoms with Crippen LogP contribution in [0.25, 0.3) is 0 Å². The van der Waals surface area contributed by atoms with E-state index in [2.05, 4.69) is 17.4 Å². The Bertz CT molecular complexity index is 601. The van der Waals surface area contributed by atoms with E-state index in [0.717, 1.165) is 17.1 Å². The van der Waals surface area contributed by atoms with E-state index in [4.69, 9.17) is 4.74 Å². The van der Waals surface area contributed by atoms with Gasteiger partial charge in [0.15, 0.2) is 0 Å². The van der Waals surface area contributed by atoms with Gasteiger partial charge in [0.05, 0.1) is 13.2 Å². The molecule has 2 aromatic carbocycles. The van der Waals surface area contributed by atoms with Crippen LogP contribution in [0.3, 0.4) is 0 Å². The Labute approximate surface area is 136 Å². The monoisotopic (exact) mass is 315 g/mol. The second kappa shape index (κ2) is 8.49. The number of carbonyl (C=O) groups excluding carboxylic acids is 1. The number of para-hydroxylation sites is 1. The van der Waals surface area contributed by atoms with E-state index in [1.165, 1.54) is 4.90 Å². The van der Waals surface area contributed by atoms with Crippen LogP contribution >= 0.6 is 11.8 Å². The van der Waals surface area contributed by atoms with Gasteiger partial charge in [-0.05, 0) is 25.1 Å². The summed E-state index contributed by atoms with van der Waals surface area (Å²) in [5, 5.41) is 3.02. The van der Waals surface area contributed by atoms with Gasteiger partial charge < -0.3 is 10.1 Å². The van der Waals surface area contributed by atoms with Gasteiger partial charge in [0, 0.05) is 22.6 Å². The lowest BCUT2D eigenvalue weighted by Gasteiger charge is -2.17. The Kier molecular flexibility index (Phi) is 6.34. The first-order valence-electron chi connectivity index (χ1n) is 7.31. The number of hydrogen-bond acceptors (Lipinski definition) is 3. The summed E-state index contributed by atoms with van der Waals surface area (Å²) in [5.74, 6) is 1.63. The molecule has 0 radical (unpaired) electrons. The SMILES string of the molecule is COc1ccccc1[C@H](C)NC(=O)CCSc1ccccc1. The van der Waals surface area contributed by atoms with Gasteiger partial charge in [-0.25, -0.2) is 0 Å². The number of ether oxygens (including phenoxy) is 1. The van der Waals surface area contributed by atoms with Crippen LogP contribution in [-0.2, 0) is 4.79 Å². The molecule has 0 heterocycles. The quantitative estimate of drug-likeness (QED) is 0.783. The molecular formula is C18H21NO2S. The Balaban J connectivity index is 1.81. The summed E-state index contributed by atoms with van der Waals surface area (Å²) in [4.78, 5) is 13.2. The number of nitrogens with one attached hydrogen (secondary N) is 1. The van der Waals surface area contributed by atoms with Crippen molar-refractivity contribution in [3.63, 3.8) is 0 Å². The van der Waals surface area contributed by atoms with Crippen molar-refractivity contribution in [2.75, 3.05) is 12.9 Å². The molecule has 0 fully saturated rings. The van der Waals surface area contributed by atoms with Crippen molar-refractivity contribution in [1.29, 1.82) is 0 Å². The zero-order chi connectivity index (χ0) is 15.8. The lowest BCUT2D eigenvalue weighted by Crippen LogP contribution is -2.27. The first-order chi connectivity index (χ1) is 10.7. The number of carbonyl (C=O) groups is 1. The van der Waals surface area contributed by atoms with Crippen molar-refractivity contribution in [2.24, 2.45) is 0 Å². The van der Waals surface area contributed by atoms with Gasteiger partial charge >= 0.3 is 0 Å². The zero-order valence-corrected chi connectivity index (χ0v) is 13.7. The highest BCUT2D eigenvalue weighted by atomic mass is 32.2. The van der Waals surface area contributed by atoms with E-state index in [9.17, 15) is 4.79 Å². The largest absolute Gasteiger partial charge is 0.496 e. The van der Waals surface area contributed by atoms with Gasteiger partial charge in [0.2, 0.25) is 5.91 Å². The molecule has 2 aromatic rings. The fourth-order valence-corrected chi connectivity index (χ4v) is 3.07. The maximum atomic E-state index is 12.1. The molecule has 0 bridgehead atoms. The van der Waals surface area contributed by atoms with E-state index < -0.39 is 0 Å². The van der Waals surface area contributed by atoms with Crippen molar-refractivity contribution in [3.05, 3.63) is 60.2 Å². The van der Waals surface area contributed by atoms with Crippen molar-refractivity contribution >= 4 is 17.7 Å². The second-order valence-electron chi connectivity index (χ2n) is 4.94. The molecule has 0 aliphatic heterocycles. The molecule has 0 aliphatic rings. The summed E-state index contributed by atoms with van der Waals surface area (Å²) >= 11 is 1.69. The van der Waals surface area contributed by atoms with Crippen LogP contribution in [0.1, 0.15) is 24.9 Å². The number of benzene rings is 2. The van der Waals surface area contributed by atoms with Crippen LogP contribution in [0.5, 0.6) is 5.75 Å². The van der Waals surface area contributed by atoms with Crippen molar-refractivity contribution in [3.8, 4) is 5.75 Å².